The van der Waals surface area contributed by atoms with Crippen LogP contribution in [0.15, 0.2) is 4.99 Å². The Labute approximate surface area is 159 Å². The molecule has 1 unspecified atom stereocenters. The first-order chi connectivity index (χ1) is 12.4. The van der Waals surface area contributed by atoms with Crippen LogP contribution in [-0.2, 0) is 14.6 Å². The predicted octanol–water partition coefficient (Wildman–Crippen LogP) is 0.962. The van der Waals surface area contributed by atoms with Crippen molar-refractivity contribution < 1.29 is 13.2 Å². The zero-order valence-electron chi connectivity index (χ0n) is 16.8. The van der Waals surface area contributed by atoms with Crippen molar-refractivity contribution in [2.24, 2.45) is 4.99 Å². The largest absolute Gasteiger partial charge is 0.381 e. The van der Waals surface area contributed by atoms with Crippen LogP contribution in [0.2, 0.25) is 0 Å². The van der Waals surface area contributed by atoms with Gasteiger partial charge < -0.3 is 15.0 Å². The zero-order chi connectivity index (χ0) is 19.2. The minimum Gasteiger partial charge on any atom is -0.381 e. The number of aliphatic imine (C=N–C) groups is 1. The van der Waals surface area contributed by atoms with Crippen molar-refractivity contribution in [3.05, 3.63) is 0 Å². The van der Waals surface area contributed by atoms with Gasteiger partial charge in [-0.25, -0.2) is 8.42 Å². The molecule has 2 heterocycles. The molecule has 0 aromatic rings. The number of sulfone groups is 1. The van der Waals surface area contributed by atoms with Gasteiger partial charge in [-0.15, -0.1) is 0 Å². The molecule has 0 saturated carbocycles. The fraction of sp³-hybridized carbons (Fsp3) is 0.944. The second-order valence-corrected chi connectivity index (χ2v) is 9.76. The number of nitrogens with zero attached hydrogens (tertiary/aromatic N) is 3. The Kier molecular flexibility index (Phi) is 7.73. The van der Waals surface area contributed by atoms with Gasteiger partial charge in [-0.05, 0) is 39.3 Å². The fourth-order valence-corrected chi connectivity index (χ4v) is 5.21. The number of guanidine groups is 1. The maximum absolute atomic E-state index is 12.5. The molecule has 26 heavy (non-hydrogen) atoms. The van der Waals surface area contributed by atoms with E-state index >= 15 is 0 Å². The van der Waals surface area contributed by atoms with Gasteiger partial charge in [-0.2, -0.15) is 0 Å². The van der Waals surface area contributed by atoms with E-state index in [4.69, 9.17) is 9.73 Å². The van der Waals surface area contributed by atoms with E-state index in [0.717, 1.165) is 45.1 Å². The Morgan fingerprint density at radius 2 is 1.92 bits per heavy atom. The quantitative estimate of drug-likeness (QED) is 0.517. The molecule has 2 rings (SSSR count). The highest BCUT2D eigenvalue weighted by Gasteiger charge is 2.42. The fourth-order valence-electron chi connectivity index (χ4n) is 4.01. The molecule has 2 aliphatic rings. The van der Waals surface area contributed by atoms with E-state index in [2.05, 4.69) is 29.0 Å². The second kappa shape index (κ2) is 9.37. The molecule has 0 aromatic carbocycles. The molecule has 2 fully saturated rings. The minimum atomic E-state index is -3.20. The zero-order valence-corrected chi connectivity index (χ0v) is 17.6. The Morgan fingerprint density at radius 1 is 1.27 bits per heavy atom. The highest BCUT2D eigenvalue weighted by Crippen LogP contribution is 2.30. The summed E-state index contributed by atoms with van der Waals surface area (Å²) in [7, 11) is -3.20. The average Bonchev–Trinajstić information content (AvgIpc) is 3.09. The van der Waals surface area contributed by atoms with Crippen molar-refractivity contribution in [2.75, 3.05) is 58.7 Å². The van der Waals surface area contributed by atoms with E-state index in [1.54, 1.807) is 0 Å². The summed E-state index contributed by atoms with van der Waals surface area (Å²) in [5.41, 5.74) is 0. The van der Waals surface area contributed by atoms with Crippen LogP contribution in [0.25, 0.3) is 0 Å². The molecule has 0 spiro atoms. The monoisotopic (exact) mass is 388 g/mol. The number of nitrogens with one attached hydrogen (secondary N) is 1. The molecule has 7 nitrogen and oxygen atoms in total. The van der Waals surface area contributed by atoms with Crippen LogP contribution >= 0.6 is 0 Å². The lowest BCUT2D eigenvalue weighted by Gasteiger charge is -2.34. The van der Waals surface area contributed by atoms with E-state index in [1.165, 1.54) is 6.26 Å². The summed E-state index contributed by atoms with van der Waals surface area (Å²) in [4.78, 5) is 9.55. The maximum atomic E-state index is 12.5. The summed E-state index contributed by atoms with van der Waals surface area (Å²) in [6.45, 7) is 12.5. The standard InChI is InChI=1S/C18H36N4O3S/c1-5-19-17(22-11-8-16(14-22)21(6-2)7-3)20-15-18(26(4,23)24)9-12-25-13-10-18/h16H,5-15H2,1-4H3,(H,19,20). The van der Waals surface area contributed by atoms with Gasteiger partial charge in [0.25, 0.3) is 0 Å². The van der Waals surface area contributed by atoms with Crippen molar-refractivity contribution in [1.29, 1.82) is 0 Å². The SMILES string of the molecule is CCNC(=NCC1(S(C)(=O)=O)CCOCC1)N1CCC(N(CC)CC)C1. The van der Waals surface area contributed by atoms with Crippen LogP contribution in [0.5, 0.6) is 0 Å². The first-order valence-corrected chi connectivity index (χ1v) is 11.8. The smallest absolute Gasteiger partial charge is 0.194 e. The third-order valence-electron chi connectivity index (χ3n) is 5.83. The van der Waals surface area contributed by atoms with Crippen LogP contribution in [0.3, 0.4) is 0 Å². The first-order valence-electron chi connectivity index (χ1n) is 9.91. The van der Waals surface area contributed by atoms with Crippen LogP contribution in [0, 0.1) is 0 Å². The summed E-state index contributed by atoms with van der Waals surface area (Å²) in [6, 6.07) is 0.542. The topological polar surface area (TPSA) is 74.2 Å². The molecule has 8 heteroatoms. The highest BCUT2D eigenvalue weighted by atomic mass is 32.2. The lowest BCUT2D eigenvalue weighted by Crippen LogP contribution is -2.48. The van der Waals surface area contributed by atoms with E-state index in [-0.39, 0.29) is 0 Å². The number of likely N-dealkylation sites (tertiary alicyclic amines) is 1. The molecule has 0 bridgehead atoms. The summed E-state index contributed by atoms with van der Waals surface area (Å²) >= 11 is 0. The Hall–Kier alpha value is -0.860. The number of ether oxygens (including phenoxy) is 1. The molecular weight excluding hydrogens is 352 g/mol. The van der Waals surface area contributed by atoms with Crippen molar-refractivity contribution in [1.82, 2.24) is 15.1 Å². The average molecular weight is 389 g/mol. The van der Waals surface area contributed by atoms with Crippen molar-refractivity contribution in [3.8, 4) is 0 Å². The molecule has 2 aliphatic heterocycles. The van der Waals surface area contributed by atoms with Crippen molar-refractivity contribution in [3.63, 3.8) is 0 Å². The Bertz CT molecular complexity index is 569. The lowest BCUT2D eigenvalue weighted by atomic mass is 9.99. The van der Waals surface area contributed by atoms with Crippen LogP contribution in [0.1, 0.15) is 40.0 Å². The van der Waals surface area contributed by atoms with Gasteiger partial charge in [0.15, 0.2) is 15.8 Å². The maximum Gasteiger partial charge on any atom is 0.194 e. The highest BCUT2D eigenvalue weighted by molar-refractivity contribution is 7.92. The number of likely N-dealkylation sites (N-methyl/N-ethyl adjacent to an activating group) is 1. The first kappa shape index (κ1) is 21.4. The van der Waals surface area contributed by atoms with Gasteiger partial charge in [-0.3, -0.25) is 9.89 Å². The number of rotatable bonds is 7. The minimum absolute atomic E-state index is 0.309. The molecule has 0 aliphatic carbocycles. The molecule has 0 aromatic heterocycles. The van der Waals surface area contributed by atoms with Gasteiger partial charge >= 0.3 is 0 Å². The van der Waals surface area contributed by atoms with Gasteiger partial charge in [0, 0.05) is 45.1 Å². The summed E-state index contributed by atoms with van der Waals surface area (Å²) < 4.78 is 29.5. The normalized spacial score (nSPS) is 24.3. The summed E-state index contributed by atoms with van der Waals surface area (Å²) in [5.74, 6) is 0.844. The molecule has 1 N–H and O–H groups in total. The van der Waals surface area contributed by atoms with Crippen LogP contribution < -0.4 is 5.32 Å². The molecule has 1 atom stereocenters. The molecule has 152 valence electrons. The summed E-state index contributed by atoms with van der Waals surface area (Å²) in [6.07, 6.45) is 3.51. The van der Waals surface area contributed by atoms with E-state index in [0.29, 0.717) is 38.6 Å². The molecule has 0 radical (unpaired) electrons. The van der Waals surface area contributed by atoms with Gasteiger partial charge in [-0.1, -0.05) is 13.8 Å². The molecule has 2 saturated heterocycles. The van der Waals surface area contributed by atoms with Crippen LogP contribution in [-0.4, -0.2) is 93.7 Å². The summed E-state index contributed by atoms with van der Waals surface area (Å²) in [5, 5.41) is 3.36. The van der Waals surface area contributed by atoms with E-state index in [9.17, 15) is 8.42 Å². The third-order valence-corrected chi connectivity index (χ3v) is 7.94. The Morgan fingerprint density at radius 3 is 2.46 bits per heavy atom. The molecule has 0 amide bonds. The van der Waals surface area contributed by atoms with Gasteiger partial charge in [0.05, 0.1) is 11.3 Å². The van der Waals surface area contributed by atoms with Crippen molar-refractivity contribution in [2.45, 2.75) is 50.8 Å². The third kappa shape index (κ3) is 4.89. The van der Waals surface area contributed by atoms with Crippen molar-refractivity contribution >= 4 is 15.8 Å². The number of hydrogen-bond acceptors (Lipinski definition) is 5. The Balaban J connectivity index is 2.13. The van der Waals surface area contributed by atoms with E-state index in [1.807, 2.05) is 6.92 Å². The van der Waals surface area contributed by atoms with E-state index < -0.39 is 14.6 Å². The van der Waals surface area contributed by atoms with Crippen LogP contribution in [0.4, 0.5) is 0 Å². The predicted molar refractivity (Wildman–Crippen MR) is 107 cm³/mol. The van der Waals surface area contributed by atoms with Gasteiger partial charge in [0.1, 0.15) is 0 Å². The molecular formula is C18H36N4O3S. The second-order valence-electron chi connectivity index (χ2n) is 7.35. The lowest BCUT2D eigenvalue weighted by molar-refractivity contribution is 0.0767. The van der Waals surface area contributed by atoms with Gasteiger partial charge in [0.2, 0.25) is 0 Å². The number of hydrogen-bond donors (Lipinski definition) is 1.